The SMILES string of the molecule is C/C=C/CP(=O)(CCC(=O)OCC)OCC. The lowest BCUT2D eigenvalue weighted by molar-refractivity contribution is -0.142. The Morgan fingerprint density at radius 2 is 2.00 bits per heavy atom. The minimum atomic E-state index is -2.70. The van der Waals surface area contributed by atoms with Crippen molar-refractivity contribution >= 4 is 13.3 Å². The van der Waals surface area contributed by atoms with Crippen molar-refractivity contribution < 1.29 is 18.6 Å². The van der Waals surface area contributed by atoms with Gasteiger partial charge in [-0.15, -0.1) is 0 Å². The first-order valence-corrected chi connectivity index (χ1v) is 7.57. The van der Waals surface area contributed by atoms with Crippen molar-refractivity contribution in [3.8, 4) is 0 Å². The third-order valence-corrected chi connectivity index (χ3v) is 4.35. The Bertz CT molecular complexity index is 273. The average Bonchev–Trinajstić information content (AvgIpc) is 2.25. The fourth-order valence-electron chi connectivity index (χ4n) is 1.20. The molecule has 0 aliphatic rings. The molecule has 0 spiro atoms. The maximum atomic E-state index is 12.2. The molecule has 0 heterocycles. The van der Waals surface area contributed by atoms with E-state index in [1.54, 1.807) is 13.8 Å². The lowest BCUT2D eigenvalue weighted by Crippen LogP contribution is -2.08. The zero-order valence-corrected chi connectivity index (χ0v) is 11.2. The largest absolute Gasteiger partial charge is 0.466 e. The van der Waals surface area contributed by atoms with Crippen molar-refractivity contribution in [1.29, 1.82) is 0 Å². The maximum Gasteiger partial charge on any atom is 0.306 e. The average molecular weight is 248 g/mol. The van der Waals surface area contributed by atoms with Crippen LogP contribution in [0.25, 0.3) is 0 Å². The van der Waals surface area contributed by atoms with Crippen LogP contribution in [0.1, 0.15) is 27.2 Å². The summed E-state index contributed by atoms with van der Waals surface area (Å²) in [5.74, 6) is -0.317. The third kappa shape index (κ3) is 6.81. The molecule has 0 N–H and O–H groups in total. The molecule has 0 bridgehead atoms. The molecule has 0 amide bonds. The van der Waals surface area contributed by atoms with Crippen molar-refractivity contribution in [1.82, 2.24) is 0 Å². The second-order valence-corrected chi connectivity index (χ2v) is 5.96. The third-order valence-electron chi connectivity index (χ3n) is 1.95. The van der Waals surface area contributed by atoms with E-state index >= 15 is 0 Å². The first-order valence-electron chi connectivity index (χ1n) is 5.57. The Morgan fingerprint density at radius 3 is 2.50 bits per heavy atom. The molecular formula is C11H21O4P. The Labute approximate surface area is 97.5 Å². The Morgan fingerprint density at radius 1 is 1.31 bits per heavy atom. The van der Waals surface area contributed by atoms with Crippen LogP contribution in [-0.2, 0) is 18.6 Å². The number of hydrogen-bond acceptors (Lipinski definition) is 4. The van der Waals surface area contributed by atoms with Gasteiger partial charge in [0.25, 0.3) is 0 Å². The number of carbonyl (C=O) groups is 1. The van der Waals surface area contributed by atoms with Gasteiger partial charge in [-0.05, 0) is 20.8 Å². The summed E-state index contributed by atoms with van der Waals surface area (Å²) in [5.41, 5.74) is 0. The fraction of sp³-hybridized carbons (Fsp3) is 0.727. The maximum absolute atomic E-state index is 12.2. The quantitative estimate of drug-likeness (QED) is 0.376. The zero-order chi connectivity index (χ0) is 12.4. The van der Waals surface area contributed by atoms with Gasteiger partial charge in [0.1, 0.15) is 0 Å². The molecule has 0 saturated heterocycles. The number of esters is 1. The predicted octanol–water partition coefficient (Wildman–Crippen LogP) is 2.83. The summed E-state index contributed by atoms with van der Waals surface area (Å²) >= 11 is 0. The summed E-state index contributed by atoms with van der Waals surface area (Å²) in [4.78, 5) is 11.2. The molecule has 0 aromatic carbocycles. The second kappa shape index (κ2) is 8.54. The van der Waals surface area contributed by atoms with Crippen LogP contribution in [0.3, 0.4) is 0 Å². The highest BCUT2D eigenvalue weighted by molar-refractivity contribution is 7.59. The number of hydrogen-bond donors (Lipinski definition) is 0. The van der Waals surface area contributed by atoms with E-state index in [0.29, 0.717) is 19.4 Å². The molecule has 94 valence electrons. The van der Waals surface area contributed by atoms with Crippen molar-refractivity contribution in [2.45, 2.75) is 27.2 Å². The predicted molar refractivity (Wildman–Crippen MR) is 65.0 cm³/mol. The van der Waals surface area contributed by atoms with Crippen molar-refractivity contribution in [2.75, 3.05) is 25.5 Å². The molecule has 0 aliphatic carbocycles. The normalized spacial score (nSPS) is 14.9. The van der Waals surface area contributed by atoms with Gasteiger partial charge in [0.15, 0.2) is 0 Å². The first kappa shape index (κ1) is 15.4. The molecule has 4 nitrogen and oxygen atoms in total. The van der Waals surface area contributed by atoms with E-state index in [-0.39, 0.29) is 18.6 Å². The van der Waals surface area contributed by atoms with E-state index in [2.05, 4.69) is 0 Å². The number of ether oxygens (including phenoxy) is 1. The summed E-state index contributed by atoms with van der Waals surface area (Å²) < 4.78 is 22.2. The van der Waals surface area contributed by atoms with Gasteiger partial charge in [-0.25, -0.2) is 0 Å². The van der Waals surface area contributed by atoms with Gasteiger partial charge >= 0.3 is 5.97 Å². The molecule has 0 rings (SSSR count). The molecule has 0 aromatic rings. The van der Waals surface area contributed by atoms with E-state index in [1.165, 1.54) is 0 Å². The number of rotatable bonds is 8. The Hall–Kier alpha value is -0.600. The summed E-state index contributed by atoms with van der Waals surface area (Å²) in [7, 11) is -2.70. The molecule has 0 radical (unpaired) electrons. The zero-order valence-electron chi connectivity index (χ0n) is 10.3. The van der Waals surface area contributed by atoms with Crippen LogP contribution < -0.4 is 0 Å². The van der Waals surface area contributed by atoms with Gasteiger partial charge in [0, 0.05) is 12.3 Å². The van der Waals surface area contributed by atoms with Gasteiger partial charge in [-0.1, -0.05) is 12.2 Å². The number of carbonyl (C=O) groups excluding carboxylic acids is 1. The molecule has 16 heavy (non-hydrogen) atoms. The number of allylic oxidation sites excluding steroid dienone is 2. The Kier molecular flexibility index (Phi) is 8.22. The van der Waals surface area contributed by atoms with Crippen LogP contribution in [0.4, 0.5) is 0 Å². The van der Waals surface area contributed by atoms with E-state index in [9.17, 15) is 9.36 Å². The molecular weight excluding hydrogens is 227 g/mol. The van der Waals surface area contributed by atoms with Gasteiger partial charge in [-0.3, -0.25) is 9.36 Å². The molecule has 1 unspecified atom stereocenters. The van der Waals surface area contributed by atoms with Crippen LogP contribution in [0.15, 0.2) is 12.2 Å². The topological polar surface area (TPSA) is 52.6 Å². The van der Waals surface area contributed by atoms with E-state index in [0.717, 1.165) is 0 Å². The van der Waals surface area contributed by atoms with Crippen LogP contribution in [0, 0.1) is 0 Å². The monoisotopic (exact) mass is 248 g/mol. The minimum absolute atomic E-state index is 0.155. The van der Waals surface area contributed by atoms with Crippen molar-refractivity contribution in [3.63, 3.8) is 0 Å². The van der Waals surface area contributed by atoms with Gasteiger partial charge < -0.3 is 9.26 Å². The standard InChI is InChI=1S/C11H21O4P/c1-4-7-9-16(13,15-6-3)10-8-11(12)14-5-2/h4,7H,5-6,8-10H2,1-3H3/b7-4+. The van der Waals surface area contributed by atoms with E-state index in [1.807, 2.05) is 19.1 Å². The highest BCUT2D eigenvalue weighted by atomic mass is 31.2. The minimum Gasteiger partial charge on any atom is -0.466 e. The van der Waals surface area contributed by atoms with Crippen LogP contribution in [-0.4, -0.2) is 31.5 Å². The summed E-state index contributed by atoms with van der Waals surface area (Å²) in [6.45, 7) is 6.17. The van der Waals surface area contributed by atoms with E-state index in [4.69, 9.17) is 9.26 Å². The van der Waals surface area contributed by atoms with Crippen molar-refractivity contribution in [3.05, 3.63) is 12.2 Å². The fourth-order valence-corrected chi connectivity index (χ4v) is 3.15. The van der Waals surface area contributed by atoms with Crippen LogP contribution in [0.2, 0.25) is 0 Å². The highest BCUT2D eigenvalue weighted by Crippen LogP contribution is 2.47. The molecule has 5 heteroatoms. The second-order valence-electron chi connectivity index (χ2n) is 3.26. The molecule has 0 fully saturated rings. The molecule has 0 aliphatic heterocycles. The molecule has 1 atom stereocenters. The van der Waals surface area contributed by atoms with Crippen LogP contribution >= 0.6 is 7.37 Å². The van der Waals surface area contributed by atoms with E-state index < -0.39 is 7.37 Å². The van der Waals surface area contributed by atoms with Gasteiger partial charge in [0.05, 0.1) is 19.6 Å². The lowest BCUT2D eigenvalue weighted by Gasteiger charge is -2.15. The first-order chi connectivity index (χ1) is 7.58. The smallest absolute Gasteiger partial charge is 0.306 e. The Balaban J connectivity index is 4.21. The van der Waals surface area contributed by atoms with Gasteiger partial charge in [0.2, 0.25) is 7.37 Å². The summed E-state index contributed by atoms with van der Waals surface area (Å²) in [5, 5.41) is 0. The summed E-state index contributed by atoms with van der Waals surface area (Å²) in [6.07, 6.45) is 4.43. The lowest BCUT2D eigenvalue weighted by atomic mass is 10.5. The van der Waals surface area contributed by atoms with Gasteiger partial charge in [-0.2, -0.15) is 0 Å². The highest BCUT2D eigenvalue weighted by Gasteiger charge is 2.22. The van der Waals surface area contributed by atoms with Crippen molar-refractivity contribution in [2.24, 2.45) is 0 Å². The molecule has 0 saturated carbocycles. The molecule has 0 aromatic heterocycles. The summed E-state index contributed by atoms with van der Waals surface area (Å²) in [6, 6.07) is 0. The van der Waals surface area contributed by atoms with Crippen LogP contribution in [0.5, 0.6) is 0 Å².